The second kappa shape index (κ2) is 10.5. The van der Waals surface area contributed by atoms with Crippen LogP contribution in [-0.4, -0.2) is 48.8 Å². The van der Waals surface area contributed by atoms with Crippen molar-refractivity contribution in [3.8, 4) is 16.9 Å². The molecule has 0 atom stereocenters. The van der Waals surface area contributed by atoms with Gasteiger partial charge in [0.25, 0.3) is 0 Å². The topological polar surface area (TPSA) is 95.9 Å². The van der Waals surface area contributed by atoms with Crippen LogP contribution in [0.4, 0.5) is 0 Å². The fraction of sp³-hybridized carbons (Fsp3) is 0.367. The van der Waals surface area contributed by atoms with Crippen LogP contribution in [0, 0.1) is 6.92 Å². The molecule has 200 valence electrons. The molecule has 1 saturated heterocycles. The predicted octanol–water partition coefficient (Wildman–Crippen LogP) is 4.61. The fourth-order valence-electron chi connectivity index (χ4n) is 6.15. The van der Waals surface area contributed by atoms with Crippen molar-refractivity contribution in [1.29, 1.82) is 0 Å². The highest BCUT2D eigenvalue weighted by atomic mass is 32.2. The molecule has 3 aromatic rings. The summed E-state index contributed by atoms with van der Waals surface area (Å²) in [4.78, 5) is 12.2. The molecule has 0 spiro atoms. The maximum atomic E-state index is 14.0. The fourth-order valence-corrected chi connectivity index (χ4v) is 8.38. The number of hydrogen-bond acceptors (Lipinski definition) is 5. The van der Waals surface area contributed by atoms with E-state index in [1.165, 1.54) is 11.1 Å². The molecule has 0 bridgehead atoms. The zero-order valence-corrected chi connectivity index (χ0v) is 22.6. The Morgan fingerprint density at radius 3 is 2.32 bits per heavy atom. The number of carbonyl (C=O) groups excluding carboxylic acids is 1. The number of sulfonamides is 1. The van der Waals surface area contributed by atoms with Gasteiger partial charge < -0.3 is 4.74 Å². The highest BCUT2D eigenvalue weighted by Crippen LogP contribution is 2.42. The number of methoxy groups -OCH3 is 1. The van der Waals surface area contributed by atoms with Crippen molar-refractivity contribution in [2.75, 3.05) is 20.2 Å². The van der Waals surface area contributed by atoms with E-state index in [0.29, 0.717) is 25.9 Å². The Balaban J connectivity index is 1.33. The van der Waals surface area contributed by atoms with E-state index >= 15 is 0 Å². The van der Waals surface area contributed by atoms with Crippen LogP contribution >= 0.6 is 0 Å². The molecule has 2 N–H and O–H groups in total. The first-order valence-corrected chi connectivity index (χ1v) is 14.4. The number of carbonyl (C=O) groups is 1. The molecule has 0 unspecified atom stereocenters. The van der Waals surface area contributed by atoms with Gasteiger partial charge in [0.15, 0.2) is 0 Å². The minimum absolute atomic E-state index is 0.261. The molecule has 0 radical (unpaired) electrons. The van der Waals surface area contributed by atoms with Gasteiger partial charge in [0.2, 0.25) is 15.9 Å². The van der Waals surface area contributed by atoms with Gasteiger partial charge in [0, 0.05) is 13.1 Å². The quantitative estimate of drug-likeness (QED) is 0.341. The van der Waals surface area contributed by atoms with Crippen LogP contribution < -0.4 is 10.2 Å². The van der Waals surface area contributed by atoms with Gasteiger partial charge in [-0.15, -0.1) is 0 Å². The minimum Gasteiger partial charge on any atom is -0.497 e. The SMILES string of the molecule is COc1cccc(-c2ccc(C3CCN(S(=O)(=O)C4(CC(=O)NO)Cc5ccccc5C4)CC3)cc2C)c1. The summed E-state index contributed by atoms with van der Waals surface area (Å²) >= 11 is 0. The third-order valence-electron chi connectivity index (χ3n) is 8.19. The summed E-state index contributed by atoms with van der Waals surface area (Å²) < 4.78 is 33.7. The van der Waals surface area contributed by atoms with Crippen molar-refractivity contribution >= 4 is 15.9 Å². The molecule has 8 heteroatoms. The molecular formula is C30H34N2O5S. The summed E-state index contributed by atoms with van der Waals surface area (Å²) in [6.45, 7) is 2.91. The molecular weight excluding hydrogens is 500 g/mol. The highest BCUT2D eigenvalue weighted by molar-refractivity contribution is 7.90. The molecule has 1 amide bonds. The first-order valence-electron chi connectivity index (χ1n) is 13.0. The van der Waals surface area contributed by atoms with Gasteiger partial charge >= 0.3 is 0 Å². The zero-order chi connectivity index (χ0) is 26.9. The molecule has 1 fully saturated rings. The third kappa shape index (κ3) is 4.84. The maximum Gasteiger partial charge on any atom is 0.245 e. The van der Waals surface area contributed by atoms with Crippen LogP contribution in [0.1, 0.15) is 47.4 Å². The number of hydroxylamine groups is 1. The van der Waals surface area contributed by atoms with E-state index in [0.717, 1.165) is 28.0 Å². The van der Waals surface area contributed by atoms with Crippen LogP contribution in [0.2, 0.25) is 0 Å². The molecule has 1 aliphatic heterocycles. The number of benzene rings is 3. The van der Waals surface area contributed by atoms with Crippen molar-refractivity contribution in [2.24, 2.45) is 0 Å². The highest BCUT2D eigenvalue weighted by Gasteiger charge is 2.52. The average Bonchev–Trinajstić information content (AvgIpc) is 3.33. The first-order chi connectivity index (χ1) is 18.3. The standard InChI is InChI=1S/C30H34N2O5S/c1-21-16-23(10-11-28(21)24-8-5-9-27(17-24)37-2)22-12-14-32(15-13-22)38(35,36)30(20-29(33)31-34)18-25-6-3-4-7-26(25)19-30/h3-11,16-17,22,34H,12-15,18-20H2,1-2H3,(H,31,33). The number of rotatable bonds is 7. The average molecular weight is 535 g/mol. The smallest absolute Gasteiger partial charge is 0.245 e. The van der Waals surface area contributed by atoms with E-state index in [2.05, 4.69) is 31.2 Å². The second-order valence-corrected chi connectivity index (χ2v) is 12.8. The monoisotopic (exact) mass is 534 g/mol. The van der Waals surface area contributed by atoms with E-state index in [-0.39, 0.29) is 25.2 Å². The molecule has 2 aliphatic rings. The molecule has 7 nitrogen and oxygen atoms in total. The van der Waals surface area contributed by atoms with Crippen molar-refractivity contribution in [3.63, 3.8) is 0 Å². The number of hydrogen-bond donors (Lipinski definition) is 2. The molecule has 38 heavy (non-hydrogen) atoms. The lowest BCUT2D eigenvalue weighted by atomic mass is 9.87. The summed E-state index contributed by atoms with van der Waals surface area (Å²) in [5.41, 5.74) is 8.18. The summed E-state index contributed by atoms with van der Waals surface area (Å²) in [5.74, 6) is 0.402. The van der Waals surface area contributed by atoms with E-state index in [1.54, 1.807) is 16.9 Å². The number of fused-ring (bicyclic) bond motifs is 1. The van der Waals surface area contributed by atoms with E-state index in [4.69, 9.17) is 4.74 Å². The van der Waals surface area contributed by atoms with Crippen molar-refractivity contribution in [3.05, 3.63) is 89.0 Å². The molecule has 5 rings (SSSR count). The number of ether oxygens (including phenoxy) is 1. The summed E-state index contributed by atoms with van der Waals surface area (Å²) in [6.07, 6.45) is 1.69. The van der Waals surface area contributed by atoms with Crippen LogP contribution in [0.3, 0.4) is 0 Å². The number of nitrogens with zero attached hydrogens (tertiary/aromatic N) is 1. The first kappa shape index (κ1) is 26.4. The lowest BCUT2D eigenvalue weighted by Gasteiger charge is -2.38. The molecule has 0 saturated carbocycles. The van der Waals surface area contributed by atoms with E-state index in [1.807, 2.05) is 42.5 Å². The van der Waals surface area contributed by atoms with Crippen molar-refractivity contribution < 1.29 is 23.2 Å². The van der Waals surface area contributed by atoms with Crippen molar-refractivity contribution in [2.45, 2.75) is 49.7 Å². The zero-order valence-electron chi connectivity index (χ0n) is 21.8. The Kier molecular flexibility index (Phi) is 7.31. The third-order valence-corrected chi connectivity index (χ3v) is 10.8. The summed E-state index contributed by atoms with van der Waals surface area (Å²) in [6, 6.07) is 22.1. The van der Waals surface area contributed by atoms with Gasteiger partial charge in [-0.05, 0) is 84.0 Å². The van der Waals surface area contributed by atoms with Crippen molar-refractivity contribution in [1.82, 2.24) is 9.79 Å². The van der Waals surface area contributed by atoms with Gasteiger partial charge in [-0.25, -0.2) is 18.2 Å². The van der Waals surface area contributed by atoms with Crippen LogP contribution in [0.5, 0.6) is 5.75 Å². The second-order valence-electron chi connectivity index (χ2n) is 10.5. The normalized spacial score (nSPS) is 17.7. The number of piperidine rings is 1. The molecule has 1 heterocycles. The Labute approximate surface area is 224 Å². The Hall–Kier alpha value is -3.20. The largest absolute Gasteiger partial charge is 0.497 e. The summed E-state index contributed by atoms with van der Waals surface area (Å²) in [7, 11) is -2.15. The number of amides is 1. The van der Waals surface area contributed by atoms with Crippen LogP contribution in [0.25, 0.3) is 11.1 Å². The van der Waals surface area contributed by atoms with E-state index < -0.39 is 20.7 Å². The predicted molar refractivity (Wildman–Crippen MR) is 147 cm³/mol. The molecule has 3 aromatic carbocycles. The van der Waals surface area contributed by atoms with E-state index in [9.17, 15) is 18.4 Å². The van der Waals surface area contributed by atoms with Gasteiger partial charge in [0.05, 0.1) is 13.5 Å². The lowest BCUT2D eigenvalue weighted by molar-refractivity contribution is -0.129. The number of nitrogens with one attached hydrogen (secondary N) is 1. The van der Waals surface area contributed by atoms with Gasteiger partial charge in [-0.2, -0.15) is 0 Å². The number of aryl methyl sites for hydroxylation is 1. The molecule has 1 aliphatic carbocycles. The minimum atomic E-state index is -3.81. The van der Waals surface area contributed by atoms with Crippen LogP contribution in [-0.2, 0) is 27.7 Å². The van der Waals surface area contributed by atoms with Gasteiger partial charge in [-0.3, -0.25) is 10.0 Å². The Bertz CT molecular complexity index is 1420. The maximum absolute atomic E-state index is 14.0. The van der Waals surface area contributed by atoms with Gasteiger partial charge in [-0.1, -0.05) is 54.6 Å². The Morgan fingerprint density at radius 1 is 1.03 bits per heavy atom. The summed E-state index contributed by atoms with van der Waals surface area (Å²) in [5, 5.41) is 9.19. The molecule has 0 aromatic heterocycles. The van der Waals surface area contributed by atoms with Gasteiger partial charge in [0.1, 0.15) is 10.5 Å². The lowest BCUT2D eigenvalue weighted by Crippen LogP contribution is -2.53. The van der Waals surface area contributed by atoms with Crippen LogP contribution in [0.15, 0.2) is 66.7 Å². The Morgan fingerprint density at radius 2 is 1.71 bits per heavy atom.